The van der Waals surface area contributed by atoms with Gasteiger partial charge in [-0.15, -0.1) is 0 Å². The Balaban J connectivity index is 3.16. The molecule has 0 aromatic heterocycles. The number of halogens is 2. The minimum absolute atomic E-state index is 0.0351. The highest BCUT2D eigenvalue weighted by atomic mass is 19.3. The second-order valence-electron chi connectivity index (χ2n) is 3.30. The summed E-state index contributed by atoms with van der Waals surface area (Å²) < 4.78 is 25.8. The van der Waals surface area contributed by atoms with Crippen molar-refractivity contribution in [2.24, 2.45) is 5.73 Å². The van der Waals surface area contributed by atoms with Gasteiger partial charge in [0.05, 0.1) is 0 Å². The lowest BCUT2D eigenvalue weighted by atomic mass is 10.0. The van der Waals surface area contributed by atoms with Crippen molar-refractivity contribution in [3.05, 3.63) is 34.9 Å². The second kappa shape index (κ2) is 3.42. The topological polar surface area (TPSA) is 26.0 Å². The Labute approximate surface area is 76.6 Å². The lowest BCUT2D eigenvalue weighted by Crippen LogP contribution is -2.09. The SMILES string of the molecule is Cc1cc(CN)cc(C(C)(F)F)c1. The molecule has 0 unspecified atom stereocenters. The van der Waals surface area contributed by atoms with Crippen molar-refractivity contribution < 1.29 is 8.78 Å². The van der Waals surface area contributed by atoms with Crippen LogP contribution >= 0.6 is 0 Å². The number of rotatable bonds is 2. The van der Waals surface area contributed by atoms with Gasteiger partial charge in [0.15, 0.2) is 0 Å². The van der Waals surface area contributed by atoms with E-state index in [2.05, 4.69) is 0 Å². The number of alkyl halides is 2. The molecule has 0 aliphatic rings. The lowest BCUT2D eigenvalue weighted by molar-refractivity contribution is 0.0173. The zero-order chi connectivity index (χ0) is 10.1. The molecule has 0 saturated carbocycles. The summed E-state index contributed by atoms with van der Waals surface area (Å²) in [7, 11) is 0. The van der Waals surface area contributed by atoms with Crippen molar-refractivity contribution in [1.29, 1.82) is 0 Å². The van der Waals surface area contributed by atoms with E-state index in [1.165, 1.54) is 12.1 Å². The fourth-order valence-corrected chi connectivity index (χ4v) is 1.23. The van der Waals surface area contributed by atoms with Gasteiger partial charge in [-0.1, -0.05) is 17.7 Å². The Morgan fingerprint density at radius 3 is 2.38 bits per heavy atom. The molecular formula is C10H13F2N. The van der Waals surface area contributed by atoms with E-state index in [9.17, 15) is 8.78 Å². The average molecular weight is 185 g/mol. The molecule has 2 N–H and O–H groups in total. The molecule has 1 aromatic carbocycles. The van der Waals surface area contributed by atoms with Gasteiger partial charge in [0, 0.05) is 19.0 Å². The summed E-state index contributed by atoms with van der Waals surface area (Å²) in [5.41, 5.74) is 6.99. The number of benzene rings is 1. The van der Waals surface area contributed by atoms with E-state index in [0.717, 1.165) is 18.1 Å². The first-order valence-corrected chi connectivity index (χ1v) is 4.12. The third kappa shape index (κ3) is 2.49. The molecule has 0 radical (unpaired) electrons. The predicted octanol–water partition coefficient (Wildman–Crippen LogP) is 2.57. The van der Waals surface area contributed by atoms with Crippen molar-refractivity contribution >= 4 is 0 Å². The Morgan fingerprint density at radius 1 is 1.31 bits per heavy atom. The van der Waals surface area contributed by atoms with Gasteiger partial charge in [0.25, 0.3) is 5.92 Å². The highest BCUT2D eigenvalue weighted by Gasteiger charge is 2.24. The summed E-state index contributed by atoms with van der Waals surface area (Å²) in [6, 6.07) is 4.75. The molecule has 13 heavy (non-hydrogen) atoms. The number of nitrogens with two attached hydrogens (primary N) is 1. The first-order valence-electron chi connectivity index (χ1n) is 4.12. The quantitative estimate of drug-likeness (QED) is 0.752. The maximum atomic E-state index is 12.9. The van der Waals surface area contributed by atoms with Gasteiger partial charge in [0.1, 0.15) is 0 Å². The summed E-state index contributed by atoms with van der Waals surface area (Å²) in [6.07, 6.45) is 0. The summed E-state index contributed by atoms with van der Waals surface area (Å²) in [4.78, 5) is 0. The number of hydrogen-bond acceptors (Lipinski definition) is 1. The summed E-state index contributed by atoms with van der Waals surface area (Å²) in [6.45, 7) is 2.97. The van der Waals surface area contributed by atoms with Crippen LogP contribution < -0.4 is 5.73 Å². The fourth-order valence-electron chi connectivity index (χ4n) is 1.23. The van der Waals surface area contributed by atoms with Crippen molar-refractivity contribution in [2.45, 2.75) is 26.3 Å². The van der Waals surface area contributed by atoms with Crippen molar-refractivity contribution in [1.82, 2.24) is 0 Å². The third-order valence-electron chi connectivity index (χ3n) is 1.88. The molecule has 72 valence electrons. The minimum Gasteiger partial charge on any atom is -0.326 e. The van der Waals surface area contributed by atoms with Crippen LogP contribution in [0.15, 0.2) is 18.2 Å². The van der Waals surface area contributed by atoms with Crippen LogP contribution in [-0.2, 0) is 12.5 Å². The monoisotopic (exact) mass is 185 g/mol. The van der Waals surface area contributed by atoms with Crippen LogP contribution in [-0.4, -0.2) is 0 Å². The van der Waals surface area contributed by atoms with E-state index >= 15 is 0 Å². The van der Waals surface area contributed by atoms with Crippen LogP contribution in [0.5, 0.6) is 0 Å². The zero-order valence-corrected chi connectivity index (χ0v) is 7.77. The number of aryl methyl sites for hydroxylation is 1. The van der Waals surface area contributed by atoms with Crippen LogP contribution in [0.4, 0.5) is 8.78 Å². The minimum atomic E-state index is -2.78. The first-order chi connectivity index (χ1) is 5.93. The van der Waals surface area contributed by atoms with Crippen molar-refractivity contribution in [2.75, 3.05) is 0 Å². The fraction of sp³-hybridized carbons (Fsp3) is 0.400. The standard InChI is InChI=1S/C10H13F2N/c1-7-3-8(6-13)5-9(4-7)10(2,11)12/h3-5H,6,13H2,1-2H3. The molecule has 0 aliphatic heterocycles. The molecule has 0 amide bonds. The molecule has 0 bridgehead atoms. The summed E-state index contributed by atoms with van der Waals surface area (Å²) in [5.74, 6) is -2.78. The molecule has 3 heteroatoms. The molecule has 1 rings (SSSR count). The van der Waals surface area contributed by atoms with Gasteiger partial charge in [-0.25, -0.2) is 8.78 Å². The molecule has 1 nitrogen and oxygen atoms in total. The van der Waals surface area contributed by atoms with Crippen LogP contribution in [0.2, 0.25) is 0 Å². The number of hydrogen-bond donors (Lipinski definition) is 1. The Kier molecular flexibility index (Phi) is 2.66. The van der Waals surface area contributed by atoms with Crippen molar-refractivity contribution in [3.63, 3.8) is 0 Å². The van der Waals surface area contributed by atoms with E-state index in [1.807, 2.05) is 6.07 Å². The van der Waals surface area contributed by atoms with E-state index in [4.69, 9.17) is 5.73 Å². The second-order valence-corrected chi connectivity index (χ2v) is 3.30. The molecule has 0 spiro atoms. The molecule has 0 aliphatic carbocycles. The molecular weight excluding hydrogens is 172 g/mol. The Bertz CT molecular complexity index is 302. The van der Waals surface area contributed by atoms with Crippen molar-refractivity contribution in [3.8, 4) is 0 Å². The maximum Gasteiger partial charge on any atom is 0.270 e. The molecule has 0 saturated heterocycles. The molecule has 0 heterocycles. The largest absolute Gasteiger partial charge is 0.326 e. The van der Waals surface area contributed by atoms with Crippen LogP contribution in [0, 0.1) is 6.92 Å². The zero-order valence-electron chi connectivity index (χ0n) is 7.77. The average Bonchev–Trinajstić information content (AvgIpc) is 2.01. The van der Waals surface area contributed by atoms with Gasteiger partial charge >= 0.3 is 0 Å². The first kappa shape index (κ1) is 10.1. The smallest absolute Gasteiger partial charge is 0.270 e. The van der Waals surface area contributed by atoms with E-state index in [1.54, 1.807) is 6.92 Å². The Hall–Kier alpha value is -0.960. The van der Waals surface area contributed by atoms with Gasteiger partial charge < -0.3 is 5.73 Å². The predicted molar refractivity (Wildman–Crippen MR) is 48.6 cm³/mol. The third-order valence-corrected chi connectivity index (χ3v) is 1.88. The molecule has 0 atom stereocenters. The van der Waals surface area contributed by atoms with Crippen LogP contribution in [0.3, 0.4) is 0 Å². The molecule has 1 aromatic rings. The van der Waals surface area contributed by atoms with Gasteiger partial charge in [-0.3, -0.25) is 0 Å². The van der Waals surface area contributed by atoms with E-state index < -0.39 is 5.92 Å². The lowest BCUT2D eigenvalue weighted by Gasteiger charge is -2.12. The van der Waals surface area contributed by atoms with Crippen LogP contribution in [0.1, 0.15) is 23.6 Å². The summed E-state index contributed by atoms with van der Waals surface area (Å²) in [5, 5.41) is 0. The van der Waals surface area contributed by atoms with Crippen LogP contribution in [0.25, 0.3) is 0 Å². The van der Waals surface area contributed by atoms with Gasteiger partial charge in [0.2, 0.25) is 0 Å². The highest BCUT2D eigenvalue weighted by Crippen LogP contribution is 2.28. The normalized spacial score (nSPS) is 11.8. The van der Waals surface area contributed by atoms with Gasteiger partial charge in [-0.05, 0) is 18.6 Å². The van der Waals surface area contributed by atoms with E-state index in [0.29, 0.717) is 6.54 Å². The van der Waals surface area contributed by atoms with E-state index in [-0.39, 0.29) is 5.56 Å². The summed E-state index contributed by atoms with van der Waals surface area (Å²) >= 11 is 0. The maximum absolute atomic E-state index is 12.9. The molecule has 0 fully saturated rings. The Morgan fingerprint density at radius 2 is 1.92 bits per heavy atom. The van der Waals surface area contributed by atoms with Gasteiger partial charge in [-0.2, -0.15) is 0 Å². The highest BCUT2D eigenvalue weighted by molar-refractivity contribution is 5.31.